The summed E-state index contributed by atoms with van der Waals surface area (Å²) in [6.45, 7) is 2.42. The fraction of sp³-hybridized carbons (Fsp3) is 0.429. The van der Waals surface area contributed by atoms with E-state index in [2.05, 4.69) is 60.8 Å². The highest BCUT2D eigenvalue weighted by atomic mass is 16.5. The van der Waals surface area contributed by atoms with E-state index in [1.54, 1.807) is 13.3 Å². The molecule has 0 amide bonds. The monoisotopic (exact) mass is 414 g/mol. The fourth-order valence-corrected chi connectivity index (χ4v) is 5.76. The van der Waals surface area contributed by atoms with E-state index in [1.807, 2.05) is 0 Å². The molecule has 3 N–H and O–H groups in total. The van der Waals surface area contributed by atoms with Crippen molar-refractivity contribution >= 4 is 10.8 Å². The van der Waals surface area contributed by atoms with Crippen LogP contribution in [0.3, 0.4) is 0 Å². The zero-order valence-electron chi connectivity index (χ0n) is 18.7. The highest BCUT2D eigenvalue weighted by Gasteiger charge is 2.34. The molecule has 3 nitrogen and oxygen atoms in total. The second-order valence-corrected chi connectivity index (χ2v) is 9.53. The average Bonchev–Trinajstić information content (AvgIpc) is 3.68. The lowest BCUT2D eigenvalue weighted by atomic mass is 9.72. The van der Waals surface area contributed by atoms with Crippen LogP contribution in [0.4, 0.5) is 0 Å². The largest absolute Gasteiger partial charge is 0.496 e. The number of nitrogens with two attached hydrogens (primary N) is 1. The molecule has 2 aromatic carbocycles. The maximum atomic E-state index is 5.82. The second-order valence-electron chi connectivity index (χ2n) is 9.53. The molecule has 3 aliphatic rings. The van der Waals surface area contributed by atoms with E-state index in [-0.39, 0.29) is 0 Å². The van der Waals surface area contributed by atoms with Crippen LogP contribution in [0.25, 0.3) is 10.8 Å². The Hall–Kier alpha value is -2.68. The summed E-state index contributed by atoms with van der Waals surface area (Å²) in [5.74, 6) is 3.63. The third-order valence-corrected chi connectivity index (χ3v) is 7.74. The predicted octanol–water partition coefficient (Wildman–Crippen LogP) is 6.38. The first-order valence-electron chi connectivity index (χ1n) is 11.9. The number of hydrogen-bond acceptors (Lipinski definition) is 3. The maximum absolute atomic E-state index is 5.82. The van der Waals surface area contributed by atoms with Crippen LogP contribution in [0.1, 0.15) is 56.9 Å². The molecule has 0 spiro atoms. The van der Waals surface area contributed by atoms with Gasteiger partial charge in [0.2, 0.25) is 0 Å². The molecule has 0 aromatic heterocycles. The zero-order chi connectivity index (χ0) is 21.4. The number of benzene rings is 2. The number of methoxy groups -OCH3 is 1. The van der Waals surface area contributed by atoms with Crippen molar-refractivity contribution in [2.24, 2.45) is 23.5 Å². The molecule has 2 fully saturated rings. The molecule has 1 heterocycles. The van der Waals surface area contributed by atoms with Crippen molar-refractivity contribution in [2.75, 3.05) is 7.11 Å². The van der Waals surface area contributed by atoms with Crippen LogP contribution in [0.5, 0.6) is 5.75 Å². The van der Waals surface area contributed by atoms with Gasteiger partial charge in [0.25, 0.3) is 0 Å². The quantitative estimate of drug-likeness (QED) is 0.596. The van der Waals surface area contributed by atoms with Crippen LogP contribution in [0, 0.1) is 17.8 Å². The van der Waals surface area contributed by atoms with Gasteiger partial charge in [-0.1, -0.05) is 43.3 Å². The normalized spacial score (nSPS) is 26.2. The molecular weight excluding hydrogens is 380 g/mol. The Morgan fingerprint density at radius 3 is 2.32 bits per heavy atom. The van der Waals surface area contributed by atoms with Crippen LogP contribution in [0.15, 0.2) is 71.7 Å². The van der Waals surface area contributed by atoms with Gasteiger partial charge in [-0.3, -0.25) is 0 Å². The van der Waals surface area contributed by atoms with Crippen molar-refractivity contribution in [1.29, 1.82) is 0 Å². The van der Waals surface area contributed by atoms with Crippen LogP contribution in [-0.4, -0.2) is 7.11 Å². The molecule has 31 heavy (non-hydrogen) atoms. The maximum Gasteiger partial charge on any atom is 0.126 e. The number of hydrogen-bond donors (Lipinski definition) is 2. The zero-order valence-corrected chi connectivity index (χ0v) is 18.7. The van der Waals surface area contributed by atoms with E-state index in [1.165, 1.54) is 66.1 Å². The number of allylic oxidation sites excluding steroid dienone is 4. The van der Waals surface area contributed by atoms with Gasteiger partial charge in [-0.05, 0) is 90.9 Å². The number of nitrogens with one attached hydrogen (secondary N) is 1. The predicted molar refractivity (Wildman–Crippen MR) is 129 cm³/mol. The van der Waals surface area contributed by atoms with Crippen LogP contribution < -0.4 is 15.8 Å². The Bertz CT molecular complexity index is 1050. The minimum Gasteiger partial charge on any atom is -0.496 e. The van der Waals surface area contributed by atoms with Gasteiger partial charge in [-0.15, -0.1) is 0 Å². The minimum atomic E-state index is 0.545. The summed E-state index contributed by atoms with van der Waals surface area (Å²) in [4.78, 5) is 0. The van der Waals surface area contributed by atoms with E-state index in [0.717, 1.165) is 23.3 Å². The van der Waals surface area contributed by atoms with Crippen molar-refractivity contribution in [3.63, 3.8) is 0 Å². The lowest BCUT2D eigenvalue weighted by molar-refractivity contribution is 0.263. The van der Waals surface area contributed by atoms with Gasteiger partial charge in [0.1, 0.15) is 5.75 Å². The Morgan fingerprint density at radius 1 is 0.935 bits per heavy atom. The molecule has 0 saturated heterocycles. The molecule has 3 heteroatoms. The lowest BCUT2D eigenvalue weighted by Crippen LogP contribution is -2.29. The number of rotatable bonds is 5. The first-order chi connectivity index (χ1) is 15.2. The van der Waals surface area contributed by atoms with Crippen LogP contribution in [0.2, 0.25) is 0 Å². The molecule has 5 rings (SSSR count). The highest BCUT2D eigenvalue weighted by molar-refractivity contribution is 5.91. The molecule has 1 atom stereocenters. The first kappa shape index (κ1) is 20.2. The Morgan fingerprint density at radius 2 is 1.65 bits per heavy atom. The van der Waals surface area contributed by atoms with Gasteiger partial charge in [0.15, 0.2) is 0 Å². The first-order valence-corrected chi connectivity index (χ1v) is 11.9. The van der Waals surface area contributed by atoms with E-state index in [4.69, 9.17) is 10.5 Å². The second kappa shape index (κ2) is 8.45. The molecule has 2 saturated carbocycles. The van der Waals surface area contributed by atoms with Crippen molar-refractivity contribution in [2.45, 2.75) is 51.4 Å². The third kappa shape index (κ3) is 3.86. The van der Waals surface area contributed by atoms with Crippen molar-refractivity contribution < 1.29 is 4.74 Å². The molecular formula is C28H34N2O. The van der Waals surface area contributed by atoms with E-state index in [0.29, 0.717) is 11.8 Å². The number of fused-ring (bicyclic) bond motifs is 1. The van der Waals surface area contributed by atoms with Crippen molar-refractivity contribution in [3.05, 3.63) is 77.3 Å². The van der Waals surface area contributed by atoms with E-state index in [9.17, 15) is 0 Å². The average molecular weight is 415 g/mol. The molecule has 0 bridgehead atoms. The van der Waals surface area contributed by atoms with Crippen LogP contribution in [-0.2, 0) is 0 Å². The van der Waals surface area contributed by atoms with E-state index >= 15 is 0 Å². The van der Waals surface area contributed by atoms with Gasteiger partial charge in [0.05, 0.1) is 12.8 Å². The summed E-state index contributed by atoms with van der Waals surface area (Å²) in [5.41, 5.74) is 11.3. The Kier molecular flexibility index (Phi) is 5.52. The minimum absolute atomic E-state index is 0.545. The summed E-state index contributed by atoms with van der Waals surface area (Å²) >= 11 is 0. The van der Waals surface area contributed by atoms with Gasteiger partial charge in [-0.25, -0.2) is 0 Å². The lowest BCUT2D eigenvalue weighted by Gasteiger charge is -2.36. The molecule has 0 radical (unpaired) electrons. The van der Waals surface area contributed by atoms with Crippen LogP contribution >= 0.6 is 0 Å². The SMILES string of the molecule is COc1ccc(C2CCC(C(C)C3=C(C4CC4)C=C/C(=C/N)N3)CC2)c2ccccc12. The molecule has 162 valence electrons. The fourth-order valence-electron chi connectivity index (χ4n) is 5.76. The van der Waals surface area contributed by atoms with Gasteiger partial charge >= 0.3 is 0 Å². The van der Waals surface area contributed by atoms with Crippen molar-refractivity contribution in [1.82, 2.24) is 5.32 Å². The Balaban J connectivity index is 1.34. The third-order valence-electron chi connectivity index (χ3n) is 7.74. The topological polar surface area (TPSA) is 47.3 Å². The highest BCUT2D eigenvalue weighted by Crippen LogP contribution is 2.46. The summed E-state index contributed by atoms with van der Waals surface area (Å²) in [6, 6.07) is 13.1. The standard InChI is InChI=1S/C28H34N2O/c1-18(28-24(21-11-12-21)14-13-22(17-29)30-28)19-7-9-20(10-8-19)23-15-16-27(31-2)26-6-4-3-5-25(23)26/h3-6,13-21,30H,7-12,29H2,1-2H3/b22-17-. The summed E-state index contributed by atoms with van der Waals surface area (Å²) in [6.07, 6.45) is 13.9. The molecule has 1 aliphatic heterocycles. The smallest absolute Gasteiger partial charge is 0.126 e. The van der Waals surface area contributed by atoms with Gasteiger partial charge in [0, 0.05) is 17.3 Å². The Labute approximate surface area is 186 Å². The number of ether oxygens (including phenoxy) is 1. The molecule has 2 aliphatic carbocycles. The molecule has 2 aromatic rings. The summed E-state index contributed by atoms with van der Waals surface area (Å²) in [7, 11) is 1.76. The van der Waals surface area contributed by atoms with Gasteiger partial charge in [-0.2, -0.15) is 0 Å². The number of dihydropyridines is 1. The van der Waals surface area contributed by atoms with E-state index < -0.39 is 0 Å². The van der Waals surface area contributed by atoms with Crippen molar-refractivity contribution in [3.8, 4) is 5.75 Å². The van der Waals surface area contributed by atoms with Gasteiger partial charge < -0.3 is 15.8 Å². The summed E-state index contributed by atoms with van der Waals surface area (Å²) in [5, 5.41) is 6.25. The summed E-state index contributed by atoms with van der Waals surface area (Å²) < 4.78 is 5.61. The molecule has 1 unspecified atom stereocenters.